The lowest BCUT2D eigenvalue weighted by Crippen LogP contribution is -2.39. The van der Waals surface area contributed by atoms with Crippen molar-refractivity contribution < 1.29 is 9.53 Å². The number of rotatable bonds is 4. The van der Waals surface area contributed by atoms with Gasteiger partial charge in [0.15, 0.2) is 0 Å². The third-order valence-corrected chi connectivity index (χ3v) is 2.37. The molecule has 1 aromatic carbocycles. The van der Waals surface area contributed by atoms with Crippen LogP contribution in [0.1, 0.15) is 12.5 Å². The molecule has 5 heteroatoms. The Hall–Kier alpha value is -1.26. The van der Waals surface area contributed by atoms with Gasteiger partial charge in [0.05, 0.1) is 13.2 Å². The summed E-state index contributed by atoms with van der Waals surface area (Å²) in [5, 5.41) is 0. The number of nitrogens with zero attached hydrogens (tertiary/aromatic N) is 1. The second kappa shape index (κ2) is 7.14. The van der Waals surface area contributed by atoms with Gasteiger partial charge in [-0.05, 0) is 13.0 Å². The summed E-state index contributed by atoms with van der Waals surface area (Å²) in [6.07, 6.45) is 0. The van der Waals surface area contributed by atoms with Gasteiger partial charge in [-0.2, -0.15) is 0 Å². The van der Waals surface area contributed by atoms with Crippen molar-refractivity contribution in [3.63, 3.8) is 0 Å². The molecule has 0 unspecified atom stereocenters. The molecule has 1 rings (SSSR count). The van der Waals surface area contributed by atoms with Crippen molar-refractivity contribution in [3.8, 4) is 5.75 Å². The number of ether oxygens (including phenoxy) is 1. The van der Waals surface area contributed by atoms with Crippen LogP contribution in [-0.2, 0) is 11.3 Å². The molecule has 0 aromatic heterocycles. The van der Waals surface area contributed by atoms with Crippen LogP contribution < -0.4 is 10.5 Å². The Labute approximate surface area is 108 Å². The molecule has 0 heterocycles. The van der Waals surface area contributed by atoms with Gasteiger partial charge in [0.25, 0.3) is 0 Å². The summed E-state index contributed by atoms with van der Waals surface area (Å²) >= 11 is 0. The predicted octanol–water partition coefficient (Wildman–Crippen LogP) is 1.42. The molecule has 0 saturated heterocycles. The highest BCUT2D eigenvalue weighted by atomic mass is 35.5. The van der Waals surface area contributed by atoms with Crippen LogP contribution in [-0.4, -0.2) is 31.0 Å². The highest BCUT2D eigenvalue weighted by Gasteiger charge is 2.14. The standard InChI is InChI=1S/C12H18N2O2.ClH/c1-9(13)12(15)14(2)8-10-6-4-5-7-11(10)16-3;/h4-7,9H,8,13H2,1-3H3;1H/t9-;/m0./s1. The molecule has 0 bridgehead atoms. The van der Waals surface area contributed by atoms with Crippen LogP contribution in [0.5, 0.6) is 5.75 Å². The van der Waals surface area contributed by atoms with Crippen LogP contribution in [0.4, 0.5) is 0 Å². The largest absolute Gasteiger partial charge is 0.496 e. The zero-order valence-corrected chi connectivity index (χ0v) is 11.2. The monoisotopic (exact) mass is 258 g/mol. The fourth-order valence-electron chi connectivity index (χ4n) is 1.51. The SMILES string of the molecule is COc1ccccc1CN(C)C(=O)[C@H](C)N.Cl. The minimum absolute atomic E-state index is 0. The summed E-state index contributed by atoms with van der Waals surface area (Å²) in [4.78, 5) is 13.2. The molecule has 2 N–H and O–H groups in total. The van der Waals surface area contributed by atoms with Crippen LogP contribution in [0.15, 0.2) is 24.3 Å². The molecule has 0 fully saturated rings. The van der Waals surface area contributed by atoms with Crippen LogP contribution in [0.3, 0.4) is 0 Å². The van der Waals surface area contributed by atoms with Gasteiger partial charge in [0.2, 0.25) is 5.91 Å². The van der Waals surface area contributed by atoms with E-state index in [1.807, 2.05) is 24.3 Å². The van der Waals surface area contributed by atoms with Crippen molar-refractivity contribution in [1.29, 1.82) is 0 Å². The molecule has 1 atom stereocenters. The van der Waals surface area contributed by atoms with Crippen molar-refractivity contribution in [2.45, 2.75) is 19.5 Å². The van der Waals surface area contributed by atoms with Gasteiger partial charge in [-0.3, -0.25) is 4.79 Å². The lowest BCUT2D eigenvalue weighted by Gasteiger charge is -2.20. The van der Waals surface area contributed by atoms with Gasteiger partial charge >= 0.3 is 0 Å². The Morgan fingerprint density at radius 2 is 2.06 bits per heavy atom. The first-order chi connectivity index (χ1) is 7.56. The Morgan fingerprint density at radius 1 is 1.47 bits per heavy atom. The van der Waals surface area contributed by atoms with Crippen LogP contribution >= 0.6 is 12.4 Å². The van der Waals surface area contributed by atoms with Crippen LogP contribution in [0.2, 0.25) is 0 Å². The fraction of sp³-hybridized carbons (Fsp3) is 0.417. The molecule has 0 aliphatic carbocycles. The molecule has 0 saturated carbocycles. The van der Waals surface area contributed by atoms with Crippen molar-refractivity contribution in [2.75, 3.05) is 14.2 Å². The number of benzene rings is 1. The number of amides is 1. The van der Waals surface area contributed by atoms with E-state index in [4.69, 9.17) is 10.5 Å². The summed E-state index contributed by atoms with van der Waals surface area (Å²) in [6.45, 7) is 2.19. The quantitative estimate of drug-likeness (QED) is 0.889. The number of likely N-dealkylation sites (N-methyl/N-ethyl adjacent to an activating group) is 1. The topological polar surface area (TPSA) is 55.6 Å². The summed E-state index contributed by atoms with van der Waals surface area (Å²) in [5.74, 6) is 0.706. The molecular formula is C12H19ClN2O2. The number of halogens is 1. The fourth-order valence-corrected chi connectivity index (χ4v) is 1.51. The average Bonchev–Trinajstić information content (AvgIpc) is 2.28. The van der Waals surface area contributed by atoms with Crippen LogP contribution in [0, 0.1) is 0 Å². The minimum atomic E-state index is -0.472. The Bertz CT molecular complexity index is 369. The zero-order chi connectivity index (χ0) is 12.1. The Balaban J connectivity index is 0.00000256. The molecule has 0 aliphatic heterocycles. The van der Waals surface area contributed by atoms with Crippen molar-refractivity contribution >= 4 is 18.3 Å². The van der Waals surface area contributed by atoms with Crippen molar-refractivity contribution in [1.82, 2.24) is 4.90 Å². The molecule has 1 aromatic rings. The first-order valence-electron chi connectivity index (χ1n) is 5.18. The van der Waals surface area contributed by atoms with Gasteiger partial charge in [-0.1, -0.05) is 18.2 Å². The van der Waals surface area contributed by atoms with Crippen molar-refractivity contribution in [3.05, 3.63) is 29.8 Å². The van der Waals surface area contributed by atoms with E-state index in [0.717, 1.165) is 11.3 Å². The molecule has 96 valence electrons. The van der Waals surface area contributed by atoms with E-state index in [1.54, 1.807) is 26.0 Å². The van der Waals surface area contributed by atoms with Crippen LogP contribution in [0.25, 0.3) is 0 Å². The number of hydrogen-bond donors (Lipinski definition) is 1. The van der Waals surface area contributed by atoms with Gasteiger partial charge in [0, 0.05) is 19.2 Å². The maximum absolute atomic E-state index is 11.6. The van der Waals surface area contributed by atoms with E-state index in [1.165, 1.54) is 0 Å². The summed E-state index contributed by atoms with van der Waals surface area (Å²) in [5.41, 5.74) is 6.51. The predicted molar refractivity (Wildman–Crippen MR) is 70.4 cm³/mol. The molecule has 4 nitrogen and oxygen atoms in total. The van der Waals surface area contributed by atoms with E-state index < -0.39 is 6.04 Å². The molecular weight excluding hydrogens is 240 g/mol. The Kier molecular flexibility index (Phi) is 6.61. The van der Waals surface area contributed by atoms with Gasteiger partial charge in [-0.15, -0.1) is 12.4 Å². The van der Waals surface area contributed by atoms with Gasteiger partial charge in [0.1, 0.15) is 5.75 Å². The van der Waals surface area contributed by atoms with Gasteiger partial charge < -0.3 is 15.4 Å². The number of nitrogens with two attached hydrogens (primary N) is 1. The van der Waals surface area contributed by atoms with E-state index >= 15 is 0 Å². The molecule has 1 amide bonds. The van der Waals surface area contributed by atoms with E-state index in [0.29, 0.717) is 6.54 Å². The third-order valence-electron chi connectivity index (χ3n) is 2.37. The summed E-state index contributed by atoms with van der Waals surface area (Å²) < 4.78 is 5.22. The highest BCUT2D eigenvalue weighted by molar-refractivity contribution is 5.85. The number of para-hydroxylation sites is 1. The molecule has 0 aliphatic rings. The molecule has 17 heavy (non-hydrogen) atoms. The number of carbonyl (C=O) groups is 1. The molecule has 0 spiro atoms. The second-order valence-corrected chi connectivity index (χ2v) is 3.79. The smallest absolute Gasteiger partial charge is 0.239 e. The highest BCUT2D eigenvalue weighted by Crippen LogP contribution is 2.18. The molecule has 0 radical (unpaired) electrons. The normalized spacial score (nSPS) is 11.3. The van der Waals surface area contributed by atoms with Gasteiger partial charge in [-0.25, -0.2) is 0 Å². The Morgan fingerprint density at radius 3 is 2.59 bits per heavy atom. The lowest BCUT2D eigenvalue weighted by atomic mass is 10.2. The lowest BCUT2D eigenvalue weighted by molar-refractivity contribution is -0.131. The van der Waals surface area contributed by atoms with E-state index in [-0.39, 0.29) is 18.3 Å². The minimum Gasteiger partial charge on any atom is -0.496 e. The maximum atomic E-state index is 11.6. The maximum Gasteiger partial charge on any atom is 0.239 e. The second-order valence-electron chi connectivity index (χ2n) is 3.79. The summed E-state index contributed by atoms with van der Waals surface area (Å²) in [6, 6.07) is 7.15. The zero-order valence-electron chi connectivity index (χ0n) is 10.3. The van der Waals surface area contributed by atoms with E-state index in [9.17, 15) is 4.79 Å². The first kappa shape index (κ1) is 15.7. The number of carbonyl (C=O) groups excluding carboxylic acids is 1. The number of methoxy groups -OCH3 is 1. The third kappa shape index (κ3) is 4.24. The summed E-state index contributed by atoms with van der Waals surface area (Å²) in [7, 11) is 3.35. The average molecular weight is 259 g/mol. The van der Waals surface area contributed by atoms with E-state index in [2.05, 4.69) is 0 Å². The number of hydrogen-bond acceptors (Lipinski definition) is 3. The van der Waals surface area contributed by atoms with Crippen molar-refractivity contribution in [2.24, 2.45) is 5.73 Å². The first-order valence-corrected chi connectivity index (χ1v) is 5.18.